The van der Waals surface area contributed by atoms with Crippen LogP contribution >= 0.6 is 0 Å². The molecule has 23 rings (SSSR count). The highest BCUT2D eigenvalue weighted by Gasteiger charge is 2.50. The second-order valence-electron chi connectivity index (χ2n) is 42.3. The first-order valence-corrected chi connectivity index (χ1v) is 54.1. The maximum atomic E-state index is 2.89. The second kappa shape index (κ2) is 49.8. The average molecular weight is 1930 g/mol. The normalized spacial score (nSPS) is 21.2. The fraction of sp³-hybridized carbons (Fsp3) is 0.433. The molecule has 5 heterocycles. The molecule has 762 valence electrons. The van der Waals surface area contributed by atoms with Crippen LogP contribution in [-0.2, 0) is 0 Å². The third-order valence-corrected chi connectivity index (χ3v) is 33.8. The highest BCUT2D eigenvalue weighted by molar-refractivity contribution is 5.78. The summed E-state index contributed by atoms with van der Waals surface area (Å²) in [7, 11) is 0. The van der Waals surface area contributed by atoms with Crippen LogP contribution < -0.4 is 24.5 Å². The van der Waals surface area contributed by atoms with Crippen LogP contribution in [0.1, 0.15) is 364 Å². The summed E-state index contributed by atoms with van der Waals surface area (Å²) in [4.78, 5) is 26.9. The Morgan fingerprint density at radius 2 is 0.354 bits per heavy atom. The van der Waals surface area contributed by atoms with E-state index in [0.717, 1.165) is 11.8 Å². The van der Waals surface area contributed by atoms with Gasteiger partial charge in [0.15, 0.2) is 0 Å². The lowest BCUT2D eigenvalue weighted by atomic mass is 9.85. The Kier molecular flexibility index (Phi) is 37.3. The van der Waals surface area contributed by atoms with E-state index < -0.39 is 0 Å². The van der Waals surface area contributed by atoms with Gasteiger partial charge in [-0.1, -0.05) is 406 Å². The third kappa shape index (κ3) is 22.1. The lowest BCUT2D eigenvalue weighted by molar-refractivity contribution is 0.174. The van der Waals surface area contributed by atoms with Crippen LogP contribution in [0.3, 0.4) is 0 Å². The Balaban J connectivity index is 0.000000142. The van der Waals surface area contributed by atoms with Gasteiger partial charge < -0.3 is 49.0 Å². The minimum Gasteiger partial charge on any atom is -0.346 e. The smallest absolute Gasteiger partial charge is 0.133 e. The monoisotopic (exact) mass is 1930 g/mol. The Morgan fingerprint density at radius 1 is 0.167 bits per heavy atom. The summed E-state index contributed by atoms with van der Waals surface area (Å²) in [6.07, 6.45) is 40.5. The fourth-order valence-electron chi connectivity index (χ4n) is 26.9. The zero-order valence-electron chi connectivity index (χ0n) is 85.8. The second-order valence-corrected chi connectivity index (χ2v) is 42.3. The number of allylic oxidation sites excluding steroid dienone is 9. The molecule has 12 aliphatic rings. The molecule has 5 atom stereocenters. The minimum absolute atomic E-state index is 0. The molecule has 5 aliphatic heterocycles. The summed E-state index contributed by atoms with van der Waals surface area (Å²) in [5.41, 5.74) is 36.4. The van der Waals surface area contributed by atoms with E-state index >= 15 is 0 Å². The van der Waals surface area contributed by atoms with E-state index in [1.54, 1.807) is 11.4 Å². The van der Waals surface area contributed by atoms with Crippen molar-refractivity contribution in [3.05, 3.63) is 416 Å². The van der Waals surface area contributed by atoms with Crippen LogP contribution in [0.25, 0.3) is 5.70 Å². The first-order valence-electron chi connectivity index (χ1n) is 54.1. The van der Waals surface area contributed by atoms with Crippen molar-refractivity contribution in [1.82, 2.24) is 24.5 Å². The summed E-state index contributed by atoms with van der Waals surface area (Å²) in [5.74, 6) is 1.45. The number of nitrogens with zero attached hydrogens (tertiary/aromatic N) is 10. The van der Waals surface area contributed by atoms with E-state index in [1.807, 2.05) is 0 Å². The van der Waals surface area contributed by atoms with E-state index in [2.05, 4.69) is 435 Å². The number of para-hydroxylation sites is 5. The van der Waals surface area contributed by atoms with Gasteiger partial charge in [-0.3, -0.25) is 0 Å². The van der Waals surface area contributed by atoms with E-state index in [9.17, 15) is 0 Å². The summed E-state index contributed by atoms with van der Waals surface area (Å²) in [6.45, 7) is 27.5. The molecule has 10 heteroatoms. The van der Waals surface area contributed by atoms with Crippen LogP contribution in [-0.4, -0.2) is 54.7 Å². The van der Waals surface area contributed by atoms with Crippen molar-refractivity contribution in [1.29, 1.82) is 0 Å². The van der Waals surface area contributed by atoms with Crippen LogP contribution in [0.15, 0.2) is 355 Å². The maximum absolute atomic E-state index is 2.89. The van der Waals surface area contributed by atoms with Crippen molar-refractivity contribution >= 4 is 34.1 Å². The van der Waals surface area contributed by atoms with Crippen molar-refractivity contribution in [3.8, 4) is 0 Å². The molecule has 0 aromatic heterocycles. The van der Waals surface area contributed by atoms with Crippen molar-refractivity contribution in [3.63, 3.8) is 0 Å². The van der Waals surface area contributed by atoms with E-state index in [4.69, 9.17) is 0 Å². The van der Waals surface area contributed by atoms with Gasteiger partial charge in [0, 0.05) is 122 Å². The molecule has 0 saturated heterocycles. The van der Waals surface area contributed by atoms with Gasteiger partial charge in [0.2, 0.25) is 0 Å². The lowest BCUT2D eigenvalue weighted by Crippen LogP contribution is -2.40. The molecular formula is C134H176N10. The standard InChI is InChI=1S/C28H36N2.C28H30N2.C27H34N2.2C23H28N2.5CH4/c2*1-21-13-9-12-20-26(21)29-22(2)27(23-14-5-3-6-15-23)30(25-18-10-11-19-25)28(29)24-16-7-4-8-17-24;1-20-12-6-11-19-25(20)28-21(2)26(22-13-7-8-14-22)29(24-17-9-10-18-24)27(28)23-15-4-3-5-16-23;2*1-17-11-7-10-16-22(17)25-19(3)18(2)24(21-14-8-9-15-21)23(25)20-12-5-4-6-13-20;;;;;/h4,7-9,12-13,16-17,20,23,25,28H,3,5-6,10-11,14-15,18-19H2,1-2H3;3-9,12-17,20,25,28H,10-11,18-19H2,1-2H3;3-6,11-12,15-16,19,22,24,27H,7-10,13-14,17-18H2,1-2H3;2*4-7,10-13,16,21,23H,8-9,14-15H2,1-3H3;5*1H4. The molecule has 5 unspecified atom stereocenters. The fourth-order valence-corrected chi connectivity index (χ4v) is 26.9. The van der Waals surface area contributed by atoms with E-state index in [0.29, 0.717) is 30.2 Å². The van der Waals surface area contributed by atoms with Gasteiger partial charge >= 0.3 is 0 Å². The van der Waals surface area contributed by atoms with Crippen molar-refractivity contribution in [2.24, 2.45) is 11.8 Å². The SMILES string of the molecule is C.C.C.C.C.CC1=C(C)N(C2CCCC2)C(c2ccccc2)N1c1ccccc1C.CC1=C(C)N(C2CCCC2)C(c2ccccc2)N1c1ccccc1C.CC1=C(C2CCCC2)N(C2CCCC2)C(c2ccccc2)N1c1ccccc1C.CC1=C(C2CCCCC2)N(C2CCCC2)C(c2ccccc2)N1c1ccccc1C.CC1=C(c2ccccc2)N(C2CCCC2)C(c2ccccc2)N1c1ccccc1C. The van der Waals surface area contributed by atoms with Gasteiger partial charge in [0.1, 0.15) is 30.8 Å². The molecule has 0 amide bonds. The zero-order chi connectivity index (χ0) is 95.6. The molecule has 0 radical (unpaired) electrons. The number of anilines is 5. The number of hydrogen-bond donors (Lipinski definition) is 0. The topological polar surface area (TPSA) is 32.4 Å². The van der Waals surface area contributed by atoms with E-state index in [1.165, 1.54) is 321 Å². The molecular weight excluding hydrogens is 1750 g/mol. The molecule has 7 saturated carbocycles. The number of benzene rings is 11. The first-order chi connectivity index (χ1) is 68.1. The molecule has 0 N–H and O–H groups in total. The third-order valence-electron chi connectivity index (χ3n) is 33.8. The van der Waals surface area contributed by atoms with Gasteiger partial charge in [-0.2, -0.15) is 0 Å². The van der Waals surface area contributed by atoms with Gasteiger partial charge in [0.05, 0.1) is 5.70 Å². The molecule has 11 aromatic rings. The number of rotatable bonds is 18. The van der Waals surface area contributed by atoms with Crippen LogP contribution in [0.2, 0.25) is 0 Å². The van der Waals surface area contributed by atoms with Crippen LogP contribution in [0, 0.1) is 46.5 Å². The Labute approximate surface area is 872 Å². The minimum atomic E-state index is 0. The van der Waals surface area contributed by atoms with Crippen molar-refractivity contribution in [2.75, 3.05) is 24.5 Å². The summed E-state index contributed by atoms with van der Waals surface area (Å²) < 4.78 is 0. The lowest BCUT2D eigenvalue weighted by Gasteiger charge is -2.41. The highest BCUT2D eigenvalue weighted by atomic mass is 15.5. The van der Waals surface area contributed by atoms with Gasteiger partial charge in [-0.15, -0.1) is 0 Å². The zero-order valence-corrected chi connectivity index (χ0v) is 85.8. The molecule has 10 nitrogen and oxygen atoms in total. The van der Waals surface area contributed by atoms with E-state index in [-0.39, 0.29) is 68.0 Å². The molecule has 144 heavy (non-hydrogen) atoms. The molecule has 0 bridgehead atoms. The Morgan fingerprint density at radius 3 is 0.611 bits per heavy atom. The van der Waals surface area contributed by atoms with Crippen molar-refractivity contribution in [2.45, 2.75) is 367 Å². The number of aryl methyl sites for hydroxylation is 5. The summed E-state index contributed by atoms with van der Waals surface area (Å²) in [5, 5.41) is 0. The Bertz CT molecular complexity index is 5920. The van der Waals surface area contributed by atoms with Gasteiger partial charge in [-0.25, -0.2) is 0 Å². The average Bonchev–Trinajstić information content (AvgIpc) is 1.58. The molecule has 11 aromatic carbocycles. The first kappa shape index (κ1) is 108. The summed E-state index contributed by atoms with van der Waals surface area (Å²) >= 11 is 0. The van der Waals surface area contributed by atoms with Crippen LogP contribution in [0.4, 0.5) is 28.4 Å². The molecule has 0 spiro atoms. The van der Waals surface area contributed by atoms with Crippen LogP contribution in [0.5, 0.6) is 0 Å². The quantitative estimate of drug-likeness (QED) is 0.0828. The van der Waals surface area contributed by atoms with Gasteiger partial charge in [-0.05, 0) is 265 Å². The maximum Gasteiger partial charge on any atom is 0.133 e. The predicted molar refractivity (Wildman–Crippen MR) is 618 cm³/mol. The number of hydrogen-bond acceptors (Lipinski definition) is 10. The molecule has 7 aliphatic carbocycles. The summed E-state index contributed by atoms with van der Waals surface area (Å²) in [6, 6.07) is 114. The Hall–Kier alpha value is -11.9. The van der Waals surface area contributed by atoms with Crippen molar-refractivity contribution < 1.29 is 0 Å². The molecule has 7 fully saturated rings. The largest absolute Gasteiger partial charge is 0.346 e. The highest BCUT2D eigenvalue weighted by Crippen LogP contribution is 2.57. The predicted octanol–water partition coefficient (Wildman–Crippen LogP) is 37.1. The van der Waals surface area contributed by atoms with Gasteiger partial charge in [0.25, 0.3) is 0 Å².